The van der Waals surface area contributed by atoms with Crippen molar-refractivity contribution in [3.8, 4) is 5.75 Å². The van der Waals surface area contributed by atoms with E-state index in [1.54, 1.807) is 6.07 Å². The number of phenols is 1. The normalized spacial score (nSPS) is 21.6. The standard InChI is InChI=1S/C30H31Br2NO3/c1-29(2)12-21-26(23(34)14-29)25(19-10-18(31)11-20(32)28(19)36)27-22(13-30(3,4)15-24(27)35)33(21)16-17-8-6-5-7-9-17/h5-11,25,36H,12-16H2,1-4H3. The zero-order valence-corrected chi connectivity index (χ0v) is 24.3. The van der Waals surface area contributed by atoms with Gasteiger partial charge in [-0.3, -0.25) is 9.59 Å². The van der Waals surface area contributed by atoms with Crippen LogP contribution in [-0.4, -0.2) is 21.6 Å². The Labute approximate surface area is 229 Å². The van der Waals surface area contributed by atoms with E-state index in [1.165, 1.54) is 0 Å². The summed E-state index contributed by atoms with van der Waals surface area (Å²) in [5.41, 5.74) is 4.65. The first-order valence-electron chi connectivity index (χ1n) is 12.4. The molecule has 1 heterocycles. The number of aromatic hydroxyl groups is 1. The van der Waals surface area contributed by atoms with Gasteiger partial charge in [0.2, 0.25) is 0 Å². The van der Waals surface area contributed by atoms with Crippen LogP contribution in [0.15, 0.2) is 74.0 Å². The van der Waals surface area contributed by atoms with E-state index in [9.17, 15) is 14.7 Å². The van der Waals surface area contributed by atoms with Gasteiger partial charge in [-0.1, -0.05) is 74.0 Å². The molecule has 0 spiro atoms. The van der Waals surface area contributed by atoms with Gasteiger partial charge in [0, 0.05) is 57.9 Å². The molecule has 4 nitrogen and oxygen atoms in total. The second kappa shape index (κ2) is 8.98. The Morgan fingerprint density at radius 1 is 0.861 bits per heavy atom. The van der Waals surface area contributed by atoms with Crippen molar-refractivity contribution in [2.24, 2.45) is 10.8 Å². The summed E-state index contributed by atoms with van der Waals surface area (Å²) in [7, 11) is 0. The Hall–Kier alpha value is -2.18. The maximum Gasteiger partial charge on any atom is 0.162 e. The first-order chi connectivity index (χ1) is 16.9. The molecule has 0 saturated carbocycles. The highest BCUT2D eigenvalue weighted by molar-refractivity contribution is 9.11. The first-order valence-corrected chi connectivity index (χ1v) is 14.0. The molecule has 0 amide bonds. The summed E-state index contributed by atoms with van der Waals surface area (Å²) in [5.74, 6) is -0.385. The molecule has 2 aromatic carbocycles. The zero-order chi connectivity index (χ0) is 26.0. The lowest BCUT2D eigenvalue weighted by atomic mass is 9.63. The third kappa shape index (κ3) is 4.51. The van der Waals surface area contributed by atoms with E-state index in [0.29, 0.717) is 40.6 Å². The van der Waals surface area contributed by atoms with Gasteiger partial charge >= 0.3 is 0 Å². The molecule has 0 atom stereocenters. The number of benzene rings is 2. The largest absolute Gasteiger partial charge is 0.506 e. The molecule has 0 radical (unpaired) electrons. The van der Waals surface area contributed by atoms with Gasteiger partial charge in [-0.25, -0.2) is 0 Å². The van der Waals surface area contributed by atoms with Crippen LogP contribution in [0.3, 0.4) is 0 Å². The Kier molecular flexibility index (Phi) is 6.36. The van der Waals surface area contributed by atoms with E-state index in [4.69, 9.17) is 0 Å². The number of hydrogen-bond donors (Lipinski definition) is 1. The smallest absolute Gasteiger partial charge is 0.162 e. The number of carbonyl (C=O) groups excluding carboxylic acids is 2. The molecule has 1 N–H and O–H groups in total. The molecule has 188 valence electrons. The Morgan fingerprint density at radius 2 is 1.39 bits per heavy atom. The monoisotopic (exact) mass is 611 g/mol. The number of phenolic OH excluding ortho intramolecular Hbond substituents is 1. The van der Waals surface area contributed by atoms with Crippen LogP contribution in [-0.2, 0) is 16.1 Å². The number of ketones is 2. The van der Waals surface area contributed by atoms with Gasteiger partial charge in [0.15, 0.2) is 11.6 Å². The molecule has 0 bridgehead atoms. The van der Waals surface area contributed by atoms with E-state index >= 15 is 0 Å². The van der Waals surface area contributed by atoms with Gasteiger partial charge < -0.3 is 10.0 Å². The van der Waals surface area contributed by atoms with Gasteiger partial charge in [0.05, 0.1) is 4.47 Å². The van der Waals surface area contributed by atoms with Crippen molar-refractivity contribution in [3.05, 3.63) is 85.1 Å². The number of halogens is 2. The molecule has 2 aliphatic carbocycles. The molecular weight excluding hydrogens is 582 g/mol. The van der Waals surface area contributed by atoms with E-state index < -0.39 is 5.92 Å². The van der Waals surface area contributed by atoms with Crippen LogP contribution in [0.4, 0.5) is 0 Å². The molecule has 3 aliphatic rings. The molecular formula is C30H31Br2NO3. The minimum absolute atomic E-state index is 0.0593. The average Bonchev–Trinajstić information content (AvgIpc) is 2.76. The van der Waals surface area contributed by atoms with Gasteiger partial charge in [-0.2, -0.15) is 0 Å². The maximum atomic E-state index is 13.9. The number of Topliss-reactive ketones (excluding diaryl/α,β-unsaturated/α-hetero) is 2. The molecule has 0 saturated heterocycles. The van der Waals surface area contributed by atoms with Crippen LogP contribution in [0.5, 0.6) is 5.75 Å². The molecule has 0 fully saturated rings. The highest BCUT2D eigenvalue weighted by atomic mass is 79.9. The first kappa shape index (κ1) is 25.5. The van der Waals surface area contributed by atoms with Crippen LogP contribution in [0.2, 0.25) is 0 Å². The molecule has 5 rings (SSSR count). The van der Waals surface area contributed by atoms with Crippen LogP contribution < -0.4 is 0 Å². The van der Waals surface area contributed by atoms with Crippen molar-refractivity contribution in [1.29, 1.82) is 0 Å². The number of rotatable bonds is 3. The van der Waals surface area contributed by atoms with Crippen LogP contribution in [0.25, 0.3) is 0 Å². The summed E-state index contributed by atoms with van der Waals surface area (Å²) in [6.07, 6.45) is 2.30. The second-order valence-corrected chi connectivity index (χ2v) is 13.7. The Bertz CT molecular complexity index is 1280. The quantitative estimate of drug-likeness (QED) is 0.384. The van der Waals surface area contributed by atoms with Crippen molar-refractivity contribution in [2.75, 3.05) is 0 Å². The topological polar surface area (TPSA) is 57.6 Å². The Balaban J connectivity index is 1.81. The summed E-state index contributed by atoms with van der Waals surface area (Å²) in [6.45, 7) is 9.15. The van der Waals surface area contributed by atoms with Crippen molar-refractivity contribution < 1.29 is 14.7 Å². The van der Waals surface area contributed by atoms with E-state index in [0.717, 1.165) is 34.3 Å². The SMILES string of the molecule is CC1(C)CC(=O)C2=C(C1)N(Cc1ccccc1)C1=C(C(=O)CC(C)(C)C1)C2c1cc(Br)cc(Br)c1O. The lowest BCUT2D eigenvalue weighted by molar-refractivity contribution is -0.119. The van der Waals surface area contributed by atoms with Gasteiger partial charge in [-0.15, -0.1) is 0 Å². The van der Waals surface area contributed by atoms with Crippen molar-refractivity contribution in [2.45, 2.75) is 65.8 Å². The third-order valence-electron chi connectivity index (χ3n) is 7.57. The highest BCUT2D eigenvalue weighted by Crippen LogP contribution is 2.56. The van der Waals surface area contributed by atoms with Gasteiger partial charge in [-0.05, 0) is 57.3 Å². The van der Waals surface area contributed by atoms with E-state index in [2.05, 4.69) is 76.6 Å². The van der Waals surface area contributed by atoms with Crippen LogP contribution in [0.1, 0.15) is 70.4 Å². The fourth-order valence-corrected chi connectivity index (χ4v) is 7.38. The van der Waals surface area contributed by atoms with Gasteiger partial charge in [0.25, 0.3) is 0 Å². The predicted molar refractivity (Wildman–Crippen MR) is 148 cm³/mol. The summed E-state index contributed by atoms with van der Waals surface area (Å²) in [5, 5.41) is 11.2. The molecule has 6 heteroatoms. The number of allylic oxidation sites excluding steroid dienone is 4. The summed E-state index contributed by atoms with van der Waals surface area (Å²) in [4.78, 5) is 30.0. The van der Waals surface area contributed by atoms with Gasteiger partial charge in [0.1, 0.15) is 5.75 Å². The fourth-order valence-electron chi connectivity index (χ4n) is 6.12. The Morgan fingerprint density at radius 3 is 1.92 bits per heavy atom. The van der Waals surface area contributed by atoms with E-state index in [1.807, 2.05) is 24.3 Å². The maximum absolute atomic E-state index is 13.9. The summed E-state index contributed by atoms with van der Waals surface area (Å²) < 4.78 is 1.32. The minimum Gasteiger partial charge on any atom is -0.506 e. The molecule has 0 unspecified atom stereocenters. The summed E-state index contributed by atoms with van der Waals surface area (Å²) >= 11 is 7.03. The average molecular weight is 613 g/mol. The van der Waals surface area contributed by atoms with Crippen molar-refractivity contribution in [1.82, 2.24) is 4.90 Å². The second-order valence-electron chi connectivity index (χ2n) is 11.9. The molecule has 36 heavy (non-hydrogen) atoms. The van der Waals surface area contributed by atoms with Crippen molar-refractivity contribution >= 4 is 43.4 Å². The number of hydrogen-bond acceptors (Lipinski definition) is 4. The van der Waals surface area contributed by atoms with Crippen LogP contribution in [0, 0.1) is 10.8 Å². The number of carbonyl (C=O) groups is 2. The van der Waals surface area contributed by atoms with Crippen molar-refractivity contribution in [3.63, 3.8) is 0 Å². The third-order valence-corrected chi connectivity index (χ3v) is 8.64. The predicted octanol–water partition coefficient (Wildman–Crippen LogP) is 7.80. The lowest BCUT2D eigenvalue weighted by Crippen LogP contribution is -2.44. The fraction of sp³-hybridized carbons (Fsp3) is 0.400. The van der Waals surface area contributed by atoms with Crippen LogP contribution >= 0.6 is 31.9 Å². The molecule has 0 aromatic heterocycles. The zero-order valence-electron chi connectivity index (χ0n) is 21.1. The van der Waals surface area contributed by atoms with E-state index in [-0.39, 0.29) is 28.1 Å². The summed E-state index contributed by atoms with van der Waals surface area (Å²) in [6, 6.07) is 13.9. The molecule has 2 aromatic rings. The minimum atomic E-state index is -0.581. The lowest BCUT2D eigenvalue weighted by Gasteiger charge is -2.49. The number of nitrogens with zero attached hydrogens (tertiary/aromatic N) is 1. The highest BCUT2D eigenvalue weighted by Gasteiger charge is 2.49. The molecule has 1 aliphatic heterocycles.